The summed E-state index contributed by atoms with van der Waals surface area (Å²) in [6.45, 7) is 4.91. The maximum Gasteiger partial charge on any atom is 0.471 e. The van der Waals surface area contributed by atoms with Crippen LogP contribution in [-0.4, -0.2) is 80.6 Å². The molecule has 2 heterocycles. The monoisotopic (exact) mass is 596 g/mol. The molecule has 6 atom stereocenters. The molecule has 0 aromatic rings. The fourth-order valence-corrected chi connectivity index (χ4v) is 6.20. The van der Waals surface area contributed by atoms with Gasteiger partial charge in [-0.15, -0.1) is 0 Å². The number of hydrogen-bond acceptors (Lipinski definition) is 6. The Labute approximate surface area is 230 Å². The Morgan fingerprint density at radius 1 is 1.12 bits per heavy atom. The molecule has 40 heavy (non-hydrogen) atoms. The number of rotatable bonds is 8. The van der Waals surface area contributed by atoms with Gasteiger partial charge in [0.1, 0.15) is 12.1 Å². The van der Waals surface area contributed by atoms with Crippen LogP contribution in [0.25, 0.3) is 0 Å². The smallest absolute Gasteiger partial charge is 0.356 e. The van der Waals surface area contributed by atoms with Crippen molar-refractivity contribution >= 4 is 33.5 Å². The highest BCUT2D eigenvalue weighted by atomic mass is 32.2. The van der Waals surface area contributed by atoms with Crippen LogP contribution in [0.1, 0.15) is 52.9 Å². The number of sulfone groups is 1. The average molecular weight is 597 g/mol. The van der Waals surface area contributed by atoms with Crippen molar-refractivity contribution in [1.29, 1.82) is 0 Å². The zero-order valence-electron chi connectivity index (χ0n) is 22.8. The Balaban J connectivity index is 1.91. The summed E-state index contributed by atoms with van der Waals surface area (Å²) in [6, 6.07) is -3.95. The van der Waals surface area contributed by atoms with E-state index >= 15 is 0 Å². The average Bonchev–Trinajstić information content (AvgIpc) is 3.50. The Hall–Kier alpha value is -2.71. The molecule has 0 aromatic heterocycles. The summed E-state index contributed by atoms with van der Waals surface area (Å²) in [4.78, 5) is 52.4. The van der Waals surface area contributed by atoms with Crippen molar-refractivity contribution in [2.75, 3.05) is 19.3 Å². The normalized spacial score (nSPS) is 27.1. The molecule has 2 saturated heterocycles. The quantitative estimate of drug-likeness (QED) is 0.364. The van der Waals surface area contributed by atoms with E-state index in [4.69, 9.17) is 0 Å². The first-order chi connectivity index (χ1) is 18.3. The molecule has 3 aliphatic rings. The first-order valence-corrected chi connectivity index (χ1v) is 15.0. The van der Waals surface area contributed by atoms with Crippen LogP contribution in [0, 0.1) is 23.2 Å². The molecule has 3 rings (SSSR count). The Kier molecular flexibility index (Phi) is 9.26. The minimum Gasteiger partial charge on any atom is -0.356 e. The molecular formula is C25H36F4N4O6S. The van der Waals surface area contributed by atoms with E-state index in [1.807, 2.05) is 0 Å². The van der Waals surface area contributed by atoms with Gasteiger partial charge in [-0.05, 0) is 49.0 Å². The molecule has 10 nitrogen and oxygen atoms in total. The number of alkyl halides is 3. The van der Waals surface area contributed by atoms with Crippen LogP contribution in [0.5, 0.6) is 0 Å². The molecular weight excluding hydrogens is 560 g/mol. The highest BCUT2D eigenvalue weighted by Crippen LogP contribution is 2.43. The van der Waals surface area contributed by atoms with Crippen molar-refractivity contribution in [1.82, 2.24) is 20.9 Å². The van der Waals surface area contributed by atoms with Gasteiger partial charge >= 0.3 is 12.1 Å². The molecule has 2 aliphatic heterocycles. The molecule has 3 fully saturated rings. The highest BCUT2D eigenvalue weighted by Gasteiger charge is 2.53. The summed E-state index contributed by atoms with van der Waals surface area (Å²) < 4.78 is 77.1. The fraction of sp³-hybridized carbons (Fsp3) is 0.760. The number of carbonyl (C=O) groups is 4. The van der Waals surface area contributed by atoms with E-state index in [1.54, 1.807) is 5.32 Å². The predicted molar refractivity (Wildman–Crippen MR) is 135 cm³/mol. The third kappa shape index (κ3) is 7.32. The molecule has 0 bridgehead atoms. The van der Waals surface area contributed by atoms with Gasteiger partial charge in [-0.1, -0.05) is 27.2 Å². The van der Waals surface area contributed by atoms with Gasteiger partial charge in [0, 0.05) is 25.3 Å². The number of fused-ring (bicyclic) bond motifs is 1. The van der Waals surface area contributed by atoms with Gasteiger partial charge in [0.05, 0.1) is 6.04 Å². The van der Waals surface area contributed by atoms with Crippen LogP contribution in [0.2, 0.25) is 0 Å². The predicted octanol–water partition coefficient (Wildman–Crippen LogP) is 1.57. The van der Waals surface area contributed by atoms with Gasteiger partial charge < -0.3 is 20.9 Å². The number of halogens is 4. The fourth-order valence-electron chi connectivity index (χ4n) is 5.79. The summed E-state index contributed by atoms with van der Waals surface area (Å²) in [5.74, 6) is -5.25. The number of nitrogens with zero attached hydrogens (tertiary/aromatic N) is 1. The van der Waals surface area contributed by atoms with Crippen molar-refractivity contribution in [3.63, 3.8) is 0 Å². The van der Waals surface area contributed by atoms with Crippen molar-refractivity contribution < 1.29 is 45.2 Å². The van der Waals surface area contributed by atoms with E-state index in [2.05, 4.69) is 10.6 Å². The Morgan fingerprint density at radius 3 is 2.30 bits per heavy atom. The Morgan fingerprint density at radius 2 is 1.77 bits per heavy atom. The summed E-state index contributed by atoms with van der Waals surface area (Å²) >= 11 is 0. The topological polar surface area (TPSA) is 142 Å². The highest BCUT2D eigenvalue weighted by molar-refractivity contribution is 7.94. The SMILES string of the molecule is CC(C)(C)[C@H](NC(=O)C(F)(F)F)C(=O)N1C[C@H]2CCC[C@H]2[C@H]1C(=O)N[C@H](/C=C(/F)S(C)(=O)=O)C[C@H]1CCNC1=O. The van der Waals surface area contributed by atoms with Gasteiger partial charge in [-0.25, -0.2) is 8.42 Å². The van der Waals surface area contributed by atoms with Crippen LogP contribution >= 0.6 is 0 Å². The first kappa shape index (κ1) is 31.8. The molecule has 0 spiro atoms. The van der Waals surface area contributed by atoms with Gasteiger partial charge in [0.25, 0.3) is 0 Å². The second-order valence-corrected chi connectivity index (χ2v) is 13.9. The molecule has 0 aromatic carbocycles. The van der Waals surface area contributed by atoms with Crippen LogP contribution < -0.4 is 16.0 Å². The molecule has 15 heteroatoms. The van der Waals surface area contributed by atoms with Crippen molar-refractivity contribution in [3.8, 4) is 0 Å². The lowest BCUT2D eigenvalue weighted by atomic mass is 9.85. The van der Waals surface area contributed by atoms with Crippen LogP contribution in [0.15, 0.2) is 11.2 Å². The molecule has 3 N–H and O–H groups in total. The van der Waals surface area contributed by atoms with E-state index in [0.29, 0.717) is 38.1 Å². The van der Waals surface area contributed by atoms with Crippen molar-refractivity contribution in [3.05, 3.63) is 11.2 Å². The van der Waals surface area contributed by atoms with E-state index < -0.39 is 68.4 Å². The van der Waals surface area contributed by atoms with E-state index in [1.165, 1.54) is 25.7 Å². The zero-order valence-corrected chi connectivity index (χ0v) is 23.6. The lowest BCUT2D eigenvalue weighted by Gasteiger charge is -2.36. The largest absolute Gasteiger partial charge is 0.471 e. The van der Waals surface area contributed by atoms with Crippen molar-refractivity contribution in [2.45, 2.75) is 77.2 Å². The molecule has 4 amide bonds. The third-order valence-electron chi connectivity index (χ3n) is 7.80. The summed E-state index contributed by atoms with van der Waals surface area (Å²) in [6.07, 6.45) is -1.55. The van der Waals surface area contributed by atoms with Crippen LogP contribution in [0.4, 0.5) is 17.6 Å². The van der Waals surface area contributed by atoms with Gasteiger partial charge in [0.15, 0.2) is 0 Å². The third-order valence-corrected chi connectivity index (χ3v) is 8.65. The van der Waals surface area contributed by atoms with Crippen LogP contribution in [-0.2, 0) is 29.0 Å². The lowest BCUT2D eigenvalue weighted by molar-refractivity contribution is -0.176. The molecule has 1 aliphatic carbocycles. The van der Waals surface area contributed by atoms with E-state index in [-0.39, 0.29) is 30.7 Å². The number of nitrogens with one attached hydrogen (secondary N) is 3. The second kappa shape index (κ2) is 11.6. The lowest BCUT2D eigenvalue weighted by Crippen LogP contribution is -2.60. The van der Waals surface area contributed by atoms with Gasteiger partial charge in [0.2, 0.25) is 32.7 Å². The molecule has 0 unspecified atom stereocenters. The zero-order chi connectivity index (χ0) is 30.2. The minimum atomic E-state index is -5.22. The summed E-state index contributed by atoms with van der Waals surface area (Å²) in [7, 11) is -4.24. The van der Waals surface area contributed by atoms with E-state index in [9.17, 15) is 45.2 Å². The van der Waals surface area contributed by atoms with Gasteiger partial charge in [-0.3, -0.25) is 19.2 Å². The molecule has 1 saturated carbocycles. The van der Waals surface area contributed by atoms with Crippen molar-refractivity contribution in [2.24, 2.45) is 23.2 Å². The standard InChI is InChI=1S/C25H36F4N4O6S/c1-24(2,3)19(32-23(37)25(27,28)29)22(36)33-12-14-6-5-7-16(14)18(33)21(35)31-15(11-17(26)40(4,38)39)10-13-8-9-30-20(13)34/h11,13-16,18-19H,5-10,12H2,1-4H3,(H,30,34)(H,31,35)(H,32,37)/b17-11-/t13-,14-,15+,16-,18+,19-/m1/s1. The van der Waals surface area contributed by atoms with Gasteiger partial charge in [-0.2, -0.15) is 17.6 Å². The number of likely N-dealkylation sites (tertiary alicyclic amines) is 1. The summed E-state index contributed by atoms with van der Waals surface area (Å²) in [5.41, 5.74) is -1.14. The molecule has 226 valence electrons. The summed E-state index contributed by atoms with van der Waals surface area (Å²) in [5, 5.41) is 5.50. The number of amides is 4. The molecule has 0 radical (unpaired) electrons. The maximum absolute atomic E-state index is 14.5. The first-order valence-electron chi connectivity index (χ1n) is 13.1. The van der Waals surface area contributed by atoms with Crippen LogP contribution in [0.3, 0.4) is 0 Å². The Bertz CT molecular complexity index is 1170. The number of carbonyl (C=O) groups excluding carboxylic acids is 4. The number of hydrogen-bond donors (Lipinski definition) is 3. The minimum absolute atomic E-state index is 0.0826. The maximum atomic E-state index is 14.5. The van der Waals surface area contributed by atoms with E-state index in [0.717, 1.165) is 6.42 Å². The second-order valence-electron chi connectivity index (χ2n) is 11.9.